The highest BCUT2D eigenvalue weighted by Gasteiger charge is 2.09. The van der Waals surface area contributed by atoms with Gasteiger partial charge in [-0.15, -0.1) is 0 Å². The van der Waals surface area contributed by atoms with Crippen LogP contribution in [0, 0.1) is 0 Å². The Balaban J connectivity index is 1.52. The van der Waals surface area contributed by atoms with Crippen LogP contribution < -0.4 is 10.6 Å². The molecule has 0 fully saturated rings. The molecule has 4 nitrogen and oxygen atoms in total. The molecule has 0 unspecified atom stereocenters. The van der Waals surface area contributed by atoms with E-state index in [2.05, 4.69) is 10.6 Å². The number of benzene rings is 3. The van der Waals surface area contributed by atoms with E-state index >= 15 is 0 Å². The van der Waals surface area contributed by atoms with Gasteiger partial charge in [-0.2, -0.15) is 0 Å². The fourth-order valence-corrected chi connectivity index (χ4v) is 3.31. The van der Waals surface area contributed by atoms with Gasteiger partial charge in [0.25, 0.3) is 5.91 Å². The second kappa shape index (κ2) is 10.1. The predicted octanol–water partition coefficient (Wildman–Crippen LogP) is 5.49. The minimum atomic E-state index is -0.193. The number of hydrogen-bond acceptors (Lipinski definition) is 2. The molecule has 0 saturated carbocycles. The first-order valence-corrected chi connectivity index (χ1v) is 9.93. The van der Waals surface area contributed by atoms with Gasteiger partial charge < -0.3 is 10.6 Å². The van der Waals surface area contributed by atoms with Gasteiger partial charge in [0.1, 0.15) is 0 Å². The summed E-state index contributed by atoms with van der Waals surface area (Å²) >= 11 is 12.0. The summed E-state index contributed by atoms with van der Waals surface area (Å²) in [6.07, 6.45) is 0.844. The van der Waals surface area contributed by atoms with Crippen molar-refractivity contribution < 1.29 is 9.59 Å². The minimum absolute atomic E-state index is 0.0878. The van der Waals surface area contributed by atoms with Crippen molar-refractivity contribution in [3.63, 3.8) is 0 Å². The summed E-state index contributed by atoms with van der Waals surface area (Å²) in [4.78, 5) is 24.6. The van der Waals surface area contributed by atoms with E-state index in [0.29, 0.717) is 35.0 Å². The highest BCUT2D eigenvalue weighted by Crippen LogP contribution is 2.22. The Morgan fingerprint density at radius 2 is 1.66 bits per heavy atom. The number of carbonyl (C=O) groups is 2. The lowest BCUT2D eigenvalue weighted by atomic mass is 10.1. The lowest BCUT2D eigenvalue weighted by Crippen LogP contribution is -2.23. The summed E-state index contributed by atoms with van der Waals surface area (Å²) in [7, 11) is 0. The SMILES string of the molecule is O=C(CCc1ccc(Cl)cc1Cl)NCc1cccc(C(=O)Nc2ccccc2)c1. The van der Waals surface area contributed by atoms with Crippen molar-refractivity contribution >= 4 is 40.7 Å². The van der Waals surface area contributed by atoms with Gasteiger partial charge in [0.2, 0.25) is 5.91 Å². The molecule has 0 spiro atoms. The highest BCUT2D eigenvalue weighted by atomic mass is 35.5. The molecule has 0 atom stereocenters. The predicted molar refractivity (Wildman–Crippen MR) is 117 cm³/mol. The first kappa shape index (κ1) is 20.9. The lowest BCUT2D eigenvalue weighted by molar-refractivity contribution is -0.121. The van der Waals surface area contributed by atoms with E-state index in [1.54, 1.807) is 30.3 Å². The maximum absolute atomic E-state index is 12.4. The Morgan fingerprint density at radius 3 is 2.41 bits per heavy atom. The number of rotatable bonds is 7. The third-order valence-corrected chi connectivity index (χ3v) is 4.93. The molecule has 3 aromatic carbocycles. The molecule has 2 amide bonds. The van der Waals surface area contributed by atoms with Crippen LogP contribution >= 0.6 is 23.2 Å². The number of hydrogen-bond donors (Lipinski definition) is 2. The zero-order valence-electron chi connectivity index (χ0n) is 15.6. The van der Waals surface area contributed by atoms with Crippen LogP contribution in [0.2, 0.25) is 10.0 Å². The van der Waals surface area contributed by atoms with Crippen LogP contribution in [0.25, 0.3) is 0 Å². The monoisotopic (exact) mass is 426 g/mol. The molecule has 0 aliphatic rings. The second-order valence-corrected chi connectivity index (χ2v) is 7.38. The Bertz CT molecular complexity index is 1010. The summed E-state index contributed by atoms with van der Waals surface area (Å²) in [5.41, 5.74) is 3.00. The van der Waals surface area contributed by atoms with Crippen LogP contribution in [0.4, 0.5) is 5.69 Å². The second-order valence-electron chi connectivity index (χ2n) is 6.53. The number of halogens is 2. The van der Waals surface area contributed by atoms with Crippen molar-refractivity contribution in [3.05, 3.63) is 99.5 Å². The Kier molecular flexibility index (Phi) is 7.28. The number of aryl methyl sites for hydroxylation is 1. The fourth-order valence-electron chi connectivity index (χ4n) is 2.81. The average molecular weight is 427 g/mol. The molecule has 29 heavy (non-hydrogen) atoms. The molecule has 0 radical (unpaired) electrons. The van der Waals surface area contributed by atoms with Crippen molar-refractivity contribution in [2.24, 2.45) is 0 Å². The van der Waals surface area contributed by atoms with Gasteiger partial charge in [-0.05, 0) is 53.9 Å². The van der Waals surface area contributed by atoms with Crippen LogP contribution in [0.3, 0.4) is 0 Å². The van der Waals surface area contributed by atoms with Crippen LogP contribution in [0.5, 0.6) is 0 Å². The van der Waals surface area contributed by atoms with E-state index in [0.717, 1.165) is 16.8 Å². The number of amides is 2. The van der Waals surface area contributed by atoms with E-state index in [1.165, 1.54) is 0 Å². The number of carbonyl (C=O) groups excluding carboxylic acids is 2. The summed E-state index contributed by atoms with van der Waals surface area (Å²) < 4.78 is 0. The largest absolute Gasteiger partial charge is 0.352 e. The Labute approximate surface area is 179 Å². The van der Waals surface area contributed by atoms with Gasteiger partial charge in [0, 0.05) is 34.3 Å². The quantitative estimate of drug-likeness (QED) is 0.524. The van der Waals surface area contributed by atoms with Crippen LogP contribution in [0.1, 0.15) is 27.9 Å². The molecule has 0 bridgehead atoms. The van der Waals surface area contributed by atoms with Gasteiger partial charge in [0.05, 0.1) is 0 Å². The van der Waals surface area contributed by atoms with Crippen molar-refractivity contribution in [1.82, 2.24) is 5.32 Å². The molecule has 0 aromatic heterocycles. The maximum Gasteiger partial charge on any atom is 0.255 e. The number of para-hydroxylation sites is 1. The smallest absolute Gasteiger partial charge is 0.255 e. The van der Waals surface area contributed by atoms with Crippen LogP contribution in [-0.2, 0) is 17.8 Å². The Morgan fingerprint density at radius 1 is 0.862 bits per heavy atom. The molecule has 148 valence electrons. The summed E-state index contributed by atoms with van der Waals surface area (Å²) in [6, 6.07) is 21.7. The molecule has 3 rings (SSSR count). The molecular weight excluding hydrogens is 407 g/mol. The van der Waals surface area contributed by atoms with Gasteiger partial charge in [-0.1, -0.05) is 59.6 Å². The first-order chi connectivity index (χ1) is 14.0. The Hall–Kier alpha value is -2.82. The lowest BCUT2D eigenvalue weighted by Gasteiger charge is -2.09. The van der Waals surface area contributed by atoms with Crippen molar-refractivity contribution in [3.8, 4) is 0 Å². The normalized spacial score (nSPS) is 10.4. The summed E-state index contributed by atoms with van der Waals surface area (Å²) in [5.74, 6) is -0.281. The average Bonchev–Trinajstić information content (AvgIpc) is 2.72. The molecule has 0 saturated heterocycles. The van der Waals surface area contributed by atoms with E-state index in [-0.39, 0.29) is 11.8 Å². The third kappa shape index (κ3) is 6.34. The molecule has 6 heteroatoms. The summed E-state index contributed by atoms with van der Waals surface area (Å²) in [6.45, 7) is 0.347. The highest BCUT2D eigenvalue weighted by molar-refractivity contribution is 6.35. The van der Waals surface area contributed by atoms with Crippen molar-refractivity contribution in [2.75, 3.05) is 5.32 Å². The van der Waals surface area contributed by atoms with Gasteiger partial charge >= 0.3 is 0 Å². The minimum Gasteiger partial charge on any atom is -0.352 e. The van der Waals surface area contributed by atoms with Gasteiger partial charge in [-0.3, -0.25) is 9.59 Å². The van der Waals surface area contributed by atoms with Crippen LogP contribution in [0.15, 0.2) is 72.8 Å². The maximum atomic E-state index is 12.4. The fraction of sp³-hybridized carbons (Fsp3) is 0.130. The van der Waals surface area contributed by atoms with E-state index in [4.69, 9.17) is 23.2 Å². The van der Waals surface area contributed by atoms with E-state index < -0.39 is 0 Å². The van der Waals surface area contributed by atoms with E-state index in [9.17, 15) is 9.59 Å². The zero-order chi connectivity index (χ0) is 20.6. The zero-order valence-corrected chi connectivity index (χ0v) is 17.1. The van der Waals surface area contributed by atoms with Crippen molar-refractivity contribution in [2.45, 2.75) is 19.4 Å². The van der Waals surface area contributed by atoms with Gasteiger partial charge in [-0.25, -0.2) is 0 Å². The topological polar surface area (TPSA) is 58.2 Å². The number of nitrogens with one attached hydrogen (secondary N) is 2. The third-order valence-electron chi connectivity index (χ3n) is 4.35. The number of anilines is 1. The van der Waals surface area contributed by atoms with Crippen molar-refractivity contribution in [1.29, 1.82) is 0 Å². The molecule has 0 aliphatic carbocycles. The van der Waals surface area contributed by atoms with Crippen LogP contribution in [-0.4, -0.2) is 11.8 Å². The van der Waals surface area contributed by atoms with E-state index in [1.807, 2.05) is 42.5 Å². The molecule has 2 N–H and O–H groups in total. The van der Waals surface area contributed by atoms with Gasteiger partial charge in [0.15, 0.2) is 0 Å². The molecule has 0 heterocycles. The standard InChI is InChI=1S/C23H20Cl2N2O2/c24-19-11-9-17(21(25)14-19)10-12-22(28)26-15-16-5-4-6-18(13-16)23(29)27-20-7-2-1-3-8-20/h1-9,11,13-14H,10,12,15H2,(H,26,28)(H,27,29). The summed E-state index contributed by atoms with van der Waals surface area (Å²) in [5, 5.41) is 6.85. The molecule has 3 aromatic rings. The molecule has 0 aliphatic heterocycles. The first-order valence-electron chi connectivity index (χ1n) is 9.17. The molecular formula is C23H20Cl2N2O2.